The fraction of sp³-hybridized carbons (Fsp3) is 0.345. The van der Waals surface area contributed by atoms with E-state index in [0.29, 0.717) is 35.0 Å². The van der Waals surface area contributed by atoms with E-state index in [1.807, 2.05) is 24.4 Å². The topological polar surface area (TPSA) is 22.1 Å². The van der Waals surface area contributed by atoms with Crippen LogP contribution in [0.1, 0.15) is 30.1 Å². The van der Waals surface area contributed by atoms with Gasteiger partial charge in [-0.2, -0.15) is 0 Å². The Hall–Kier alpha value is -2.89. The molecule has 5 heteroatoms. The fourth-order valence-electron chi connectivity index (χ4n) is 6.30. The third kappa shape index (κ3) is 4.08. The van der Waals surface area contributed by atoms with Crippen molar-refractivity contribution in [2.24, 2.45) is 11.8 Å². The van der Waals surface area contributed by atoms with Gasteiger partial charge in [0.25, 0.3) is 0 Å². The van der Waals surface area contributed by atoms with Gasteiger partial charge in [0.05, 0.1) is 25.2 Å². The summed E-state index contributed by atoms with van der Waals surface area (Å²) in [4.78, 5) is 4.55. The summed E-state index contributed by atoms with van der Waals surface area (Å²) < 4.78 is 35.7. The lowest BCUT2D eigenvalue weighted by atomic mass is 9.71. The lowest BCUT2D eigenvalue weighted by Crippen LogP contribution is -2.67. The number of halogens is 2. The second-order valence-electron chi connectivity index (χ2n) is 9.73. The second kappa shape index (κ2) is 9.40. The minimum atomic E-state index is -0.547. The van der Waals surface area contributed by atoms with E-state index < -0.39 is 11.6 Å². The number of aromatic nitrogens is 1. The van der Waals surface area contributed by atoms with Crippen LogP contribution >= 0.6 is 0 Å². The number of para-hydroxylation sites is 1. The van der Waals surface area contributed by atoms with E-state index in [2.05, 4.69) is 36.4 Å². The van der Waals surface area contributed by atoms with Crippen LogP contribution in [0.15, 0.2) is 80.0 Å². The Balaban J connectivity index is 1.61. The average molecular weight is 462 g/mol. The number of benzene rings is 2. The van der Waals surface area contributed by atoms with Gasteiger partial charge in [-0.25, -0.2) is 8.78 Å². The SMILES string of the molecule is C=CCO[C@H](c1ccnc2ccccc12)C1CC2CC[N+]1(Cc1ccc(F)cc1F)CC2C=C. The Morgan fingerprint density at radius 3 is 2.79 bits per heavy atom. The first-order valence-corrected chi connectivity index (χ1v) is 12.0. The van der Waals surface area contributed by atoms with Crippen LogP contribution in [-0.4, -0.2) is 35.2 Å². The van der Waals surface area contributed by atoms with Crippen molar-refractivity contribution in [1.82, 2.24) is 4.98 Å². The van der Waals surface area contributed by atoms with Crippen LogP contribution in [-0.2, 0) is 11.3 Å². The monoisotopic (exact) mass is 461 g/mol. The lowest BCUT2D eigenvalue weighted by Gasteiger charge is -2.58. The second-order valence-corrected chi connectivity index (χ2v) is 9.73. The van der Waals surface area contributed by atoms with Crippen LogP contribution in [0.4, 0.5) is 8.78 Å². The molecule has 4 unspecified atom stereocenters. The molecule has 0 aliphatic carbocycles. The van der Waals surface area contributed by atoms with Crippen LogP contribution in [0, 0.1) is 23.5 Å². The zero-order chi connectivity index (χ0) is 23.7. The summed E-state index contributed by atoms with van der Waals surface area (Å²) in [5.74, 6) is -0.118. The quantitative estimate of drug-likeness (QED) is 0.287. The Kier molecular flexibility index (Phi) is 6.32. The van der Waals surface area contributed by atoms with Gasteiger partial charge >= 0.3 is 0 Å². The van der Waals surface area contributed by atoms with Gasteiger partial charge in [0, 0.05) is 42.0 Å². The summed E-state index contributed by atoms with van der Waals surface area (Å²) in [7, 11) is 0. The molecule has 3 aliphatic rings. The predicted octanol–water partition coefficient (Wildman–Crippen LogP) is 6.37. The smallest absolute Gasteiger partial charge is 0.135 e. The largest absolute Gasteiger partial charge is 0.363 e. The van der Waals surface area contributed by atoms with Crippen molar-refractivity contribution in [2.45, 2.75) is 31.5 Å². The number of ether oxygens (including phenoxy) is 1. The maximum atomic E-state index is 14.8. The zero-order valence-corrected chi connectivity index (χ0v) is 19.4. The van der Waals surface area contributed by atoms with E-state index in [0.717, 1.165) is 48.5 Å². The van der Waals surface area contributed by atoms with Gasteiger partial charge in [-0.3, -0.25) is 4.98 Å². The number of hydrogen-bond acceptors (Lipinski definition) is 2. The van der Waals surface area contributed by atoms with Crippen molar-refractivity contribution in [1.29, 1.82) is 0 Å². The minimum Gasteiger partial charge on any atom is -0.363 e. The van der Waals surface area contributed by atoms with Gasteiger partial charge < -0.3 is 9.22 Å². The first-order valence-electron chi connectivity index (χ1n) is 12.0. The molecule has 3 fully saturated rings. The van der Waals surface area contributed by atoms with Crippen molar-refractivity contribution in [3.63, 3.8) is 0 Å². The van der Waals surface area contributed by atoms with Crippen molar-refractivity contribution in [2.75, 3.05) is 19.7 Å². The maximum Gasteiger partial charge on any atom is 0.135 e. The highest BCUT2D eigenvalue weighted by Gasteiger charge is 2.54. The van der Waals surface area contributed by atoms with E-state index in [1.165, 1.54) is 6.07 Å². The highest BCUT2D eigenvalue weighted by Crippen LogP contribution is 2.49. The third-order valence-electron chi connectivity index (χ3n) is 7.91. The maximum absolute atomic E-state index is 14.8. The van der Waals surface area contributed by atoms with Gasteiger partial charge in [0.2, 0.25) is 0 Å². The van der Waals surface area contributed by atoms with Gasteiger partial charge in [-0.05, 0) is 35.7 Å². The molecular weight excluding hydrogens is 430 g/mol. The lowest BCUT2D eigenvalue weighted by molar-refractivity contribution is -0.985. The molecule has 0 spiro atoms. The molecule has 2 aromatic carbocycles. The molecule has 1 aromatic heterocycles. The number of nitrogens with zero attached hydrogens (tertiary/aromatic N) is 2. The third-order valence-corrected chi connectivity index (χ3v) is 7.91. The zero-order valence-electron chi connectivity index (χ0n) is 19.4. The van der Waals surface area contributed by atoms with Gasteiger partial charge in [0.1, 0.15) is 30.3 Å². The van der Waals surface area contributed by atoms with Gasteiger partial charge in [-0.1, -0.05) is 30.4 Å². The highest BCUT2D eigenvalue weighted by atomic mass is 19.1. The fourth-order valence-corrected chi connectivity index (χ4v) is 6.30. The molecule has 0 amide bonds. The summed E-state index contributed by atoms with van der Waals surface area (Å²) in [6.07, 6.45) is 7.54. The standard InChI is InChI=1S/C29H31F2N2O/c1-3-15-34-29(25-11-13-32-27-8-6-5-7-24(25)27)28-16-21-12-14-33(28,18-20(21)4-2)19-22-9-10-23(30)17-26(22)31/h3-11,13,17,20-21,28-29H,1-2,12,14-16,18-19H2/q+1/t20?,21?,28?,29-,33?/m1/s1. The Bertz CT molecular complexity index is 1210. The summed E-state index contributed by atoms with van der Waals surface area (Å²) >= 11 is 0. The molecular formula is C29H31F2N2O+. The molecule has 6 rings (SSSR count). The summed E-state index contributed by atoms with van der Waals surface area (Å²) in [6, 6.07) is 14.3. The number of quaternary nitrogens is 1. The predicted molar refractivity (Wildman–Crippen MR) is 131 cm³/mol. The van der Waals surface area contributed by atoms with Crippen LogP contribution in [0.2, 0.25) is 0 Å². The first kappa shape index (κ1) is 22.9. The molecule has 0 radical (unpaired) electrons. The van der Waals surface area contributed by atoms with E-state index in [1.54, 1.807) is 12.1 Å². The average Bonchev–Trinajstić information content (AvgIpc) is 2.86. The molecule has 2 bridgehead atoms. The van der Waals surface area contributed by atoms with Crippen molar-refractivity contribution in [3.8, 4) is 0 Å². The van der Waals surface area contributed by atoms with Crippen molar-refractivity contribution >= 4 is 10.9 Å². The van der Waals surface area contributed by atoms with E-state index in [-0.39, 0.29) is 12.1 Å². The molecule has 34 heavy (non-hydrogen) atoms. The number of hydrogen-bond donors (Lipinski definition) is 0. The highest BCUT2D eigenvalue weighted by molar-refractivity contribution is 5.82. The van der Waals surface area contributed by atoms with E-state index >= 15 is 0 Å². The van der Waals surface area contributed by atoms with E-state index in [4.69, 9.17) is 4.74 Å². The van der Waals surface area contributed by atoms with Crippen LogP contribution in [0.5, 0.6) is 0 Å². The van der Waals surface area contributed by atoms with Crippen LogP contribution < -0.4 is 0 Å². The van der Waals surface area contributed by atoms with Gasteiger partial charge in [-0.15, -0.1) is 13.2 Å². The normalized spacial score (nSPS) is 26.9. The molecule has 0 N–H and O–H groups in total. The van der Waals surface area contributed by atoms with Gasteiger partial charge in [0.15, 0.2) is 0 Å². The summed E-state index contributed by atoms with van der Waals surface area (Å²) in [5, 5.41) is 1.08. The molecule has 3 aliphatic heterocycles. The number of rotatable bonds is 8. The number of fused-ring (bicyclic) bond motifs is 4. The Labute approximate surface area is 200 Å². The summed E-state index contributed by atoms with van der Waals surface area (Å²) in [5.41, 5.74) is 2.59. The molecule has 5 atom stereocenters. The number of pyridine rings is 1. The molecule has 4 heterocycles. The molecule has 0 saturated carbocycles. The minimum absolute atomic E-state index is 0.130. The van der Waals surface area contributed by atoms with Crippen LogP contribution in [0.3, 0.4) is 0 Å². The Morgan fingerprint density at radius 1 is 1.15 bits per heavy atom. The molecule has 3 aromatic rings. The molecule has 176 valence electrons. The summed E-state index contributed by atoms with van der Waals surface area (Å²) in [6.45, 7) is 10.7. The van der Waals surface area contributed by atoms with Crippen molar-refractivity contribution in [3.05, 3.63) is 103 Å². The van der Waals surface area contributed by atoms with E-state index in [9.17, 15) is 8.78 Å². The number of piperidine rings is 3. The van der Waals surface area contributed by atoms with Crippen molar-refractivity contribution < 1.29 is 18.0 Å². The Morgan fingerprint density at radius 2 is 2.00 bits per heavy atom. The molecule has 3 nitrogen and oxygen atoms in total. The van der Waals surface area contributed by atoms with Crippen LogP contribution in [0.25, 0.3) is 10.9 Å². The molecule has 3 saturated heterocycles. The first-order chi connectivity index (χ1) is 16.5.